The quantitative estimate of drug-likeness (QED) is 0.203. The van der Waals surface area contributed by atoms with E-state index in [1.165, 1.54) is 6.08 Å². The summed E-state index contributed by atoms with van der Waals surface area (Å²) in [6.07, 6.45) is 2.75. The summed E-state index contributed by atoms with van der Waals surface area (Å²) in [5, 5.41) is 16.2. The third kappa shape index (κ3) is 15.5. The summed E-state index contributed by atoms with van der Waals surface area (Å²) in [5.74, 6) is -2.73. The van der Waals surface area contributed by atoms with Crippen molar-refractivity contribution >= 4 is 23.9 Å². The molecule has 0 unspecified atom stereocenters. The Balaban J connectivity index is 0.000000571. The van der Waals surface area contributed by atoms with E-state index in [1.807, 2.05) is 0 Å². The zero-order valence-electron chi connectivity index (χ0n) is 19.0. The number of rotatable bonds is 7. The second kappa shape index (κ2) is 18.3. The van der Waals surface area contributed by atoms with Gasteiger partial charge >= 0.3 is 23.9 Å². The molecule has 0 radical (unpaired) electrons. The monoisotopic (exact) mass is 472 g/mol. The highest BCUT2D eigenvalue weighted by atomic mass is 17.2. The second-order valence-electron chi connectivity index (χ2n) is 6.48. The molecular weight excluding hydrogens is 444 g/mol. The molecule has 9 nitrogen and oxygen atoms in total. The highest BCUT2D eigenvalue weighted by Gasteiger charge is 2.13. The number of aliphatic hydroxyl groups is 1. The molecule has 182 valence electrons. The first-order valence-corrected chi connectivity index (χ1v) is 10.0. The van der Waals surface area contributed by atoms with Crippen LogP contribution in [0.3, 0.4) is 0 Å². The number of carboxylic acid groups (broad SMARTS) is 1. The first-order valence-electron chi connectivity index (χ1n) is 10.0. The van der Waals surface area contributed by atoms with Crippen molar-refractivity contribution in [3.8, 4) is 0 Å². The van der Waals surface area contributed by atoms with Crippen molar-refractivity contribution in [1.82, 2.24) is 0 Å². The number of carboxylic acids is 1. The van der Waals surface area contributed by atoms with Crippen LogP contribution in [-0.2, 0) is 24.1 Å². The number of allylic oxidation sites excluding steroid dienone is 1. The first kappa shape index (κ1) is 29.8. The van der Waals surface area contributed by atoms with Crippen LogP contribution in [0.1, 0.15) is 41.0 Å². The standard InChI is InChI=1S/C14H10O4.C6H10O3.C5H8O2/c15-13(11-7-3-1-4-8-11)17-18-14(16)12-9-5-2-6-10-12;1-2-6(8)9-5-3-4-7;1-4(2)3-5(6)7/h1-10H;2,7H,1,3-5H2;3H,1-2H3,(H,6,7). The summed E-state index contributed by atoms with van der Waals surface area (Å²) in [7, 11) is 0. The Labute approximate surface area is 197 Å². The van der Waals surface area contributed by atoms with Crippen LogP contribution in [0, 0.1) is 0 Å². The van der Waals surface area contributed by atoms with Gasteiger partial charge in [0.1, 0.15) is 0 Å². The van der Waals surface area contributed by atoms with Gasteiger partial charge in [-0.05, 0) is 38.1 Å². The maximum atomic E-state index is 11.5. The van der Waals surface area contributed by atoms with Gasteiger partial charge in [-0.2, -0.15) is 0 Å². The summed E-state index contributed by atoms with van der Waals surface area (Å²) in [5.41, 5.74) is 1.45. The lowest BCUT2D eigenvalue weighted by Crippen LogP contribution is -2.11. The lowest BCUT2D eigenvalue weighted by atomic mass is 10.2. The number of carbonyl (C=O) groups excluding carboxylic acids is 3. The van der Waals surface area contributed by atoms with Crippen LogP contribution in [0.4, 0.5) is 0 Å². The molecule has 2 rings (SSSR count). The summed E-state index contributed by atoms with van der Waals surface area (Å²) >= 11 is 0. The van der Waals surface area contributed by atoms with Gasteiger partial charge < -0.3 is 14.9 Å². The van der Waals surface area contributed by atoms with Crippen LogP contribution >= 0.6 is 0 Å². The van der Waals surface area contributed by atoms with Crippen LogP contribution in [0.15, 0.2) is 85.0 Å². The number of esters is 1. The van der Waals surface area contributed by atoms with Gasteiger partial charge in [-0.1, -0.05) is 48.6 Å². The topological polar surface area (TPSA) is 136 Å². The van der Waals surface area contributed by atoms with Crippen LogP contribution < -0.4 is 0 Å². The van der Waals surface area contributed by atoms with Gasteiger partial charge in [0.05, 0.1) is 17.7 Å². The van der Waals surface area contributed by atoms with E-state index in [0.717, 1.165) is 11.6 Å². The highest BCUT2D eigenvalue weighted by Crippen LogP contribution is 2.05. The molecular formula is C25H28O9. The third-order valence-electron chi connectivity index (χ3n) is 3.34. The van der Waals surface area contributed by atoms with Gasteiger partial charge in [-0.3, -0.25) is 0 Å². The summed E-state index contributed by atoms with van der Waals surface area (Å²) < 4.78 is 4.51. The minimum Gasteiger partial charge on any atom is -0.478 e. The number of aliphatic carboxylic acids is 1. The molecule has 2 aromatic rings. The van der Waals surface area contributed by atoms with E-state index < -0.39 is 23.9 Å². The lowest BCUT2D eigenvalue weighted by Gasteiger charge is -2.02. The molecule has 34 heavy (non-hydrogen) atoms. The van der Waals surface area contributed by atoms with Crippen molar-refractivity contribution < 1.29 is 43.9 Å². The highest BCUT2D eigenvalue weighted by molar-refractivity contribution is 5.92. The van der Waals surface area contributed by atoms with E-state index in [2.05, 4.69) is 21.1 Å². The zero-order valence-corrected chi connectivity index (χ0v) is 19.0. The number of hydrogen-bond acceptors (Lipinski definition) is 8. The summed E-state index contributed by atoms with van der Waals surface area (Å²) in [6.45, 7) is 7.00. The molecule has 0 heterocycles. The smallest absolute Gasteiger partial charge is 0.386 e. The molecule has 0 aromatic heterocycles. The van der Waals surface area contributed by atoms with Crippen molar-refractivity contribution in [3.63, 3.8) is 0 Å². The maximum Gasteiger partial charge on any atom is 0.386 e. The lowest BCUT2D eigenvalue weighted by molar-refractivity contribution is -0.187. The first-order chi connectivity index (χ1) is 16.2. The molecule has 0 fully saturated rings. The number of aliphatic hydroxyl groups excluding tert-OH is 1. The molecule has 0 aliphatic carbocycles. The van der Waals surface area contributed by atoms with Crippen molar-refractivity contribution in [1.29, 1.82) is 0 Å². The predicted molar refractivity (Wildman–Crippen MR) is 124 cm³/mol. The average Bonchev–Trinajstić information content (AvgIpc) is 2.83. The van der Waals surface area contributed by atoms with Crippen LogP contribution in [0.2, 0.25) is 0 Å². The second-order valence-corrected chi connectivity index (χ2v) is 6.48. The predicted octanol–water partition coefficient (Wildman–Crippen LogP) is 3.75. The van der Waals surface area contributed by atoms with Gasteiger partial charge in [-0.25, -0.2) is 29.0 Å². The van der Waals surface area contributed by atoms with Gasteiger partial charge in [0.15, 0.2) is 0 Å². The number of ether oxygens (including phenoxy) is 1. The Morgan fingerprint density at radius 1 is 0.853 bits per heavy atom. The van der Waals surface area contributed by atoms with E-state index >= 15 is 0 Å². The fourth-order valence-electron chi connectivity index (χ4n) is 1.86. The molecule has 0 aliphatic heterocycles. The van der Waals surface area contributed by atoms with Gasteiger partial charge in [0, 0.05) is 25.2 Å². The Kier molecular flexibility index (Phi) is 16.1. The van der Waals surface area contributed by atoms with E-state index in [9.17, 15) is 19.2 Å². The molecule has 0 amide bonds. The molecule has 0 saturated heterocycles. The average molecular weight is 472 g/mol. The van der Waals surface area contributed by atoms with Crippen LogP contribution in [0.25, 0.3) is 0 Å². The van der Waals surface area contributed by atoms with Crippen molar-refractivity contribution in [3.05, 3.63) is 96.1 Å². The molecule has 0 atom stereocenters. The van der Waals surface area contributed by atoms with E-state index in [4.69, 9.17) is 10.2 Å². The summed E-state index contributed by atoms with van der Waals surface area (Å²) in [6, 6.07) is 16.6. The largest absolute Gasteiger partial charge is 0.478 e. The Bertz CT molecular complexity index is 880. The molecule has 0 saturated carbocycles. The molecule has 0 spiro atoms. The third-order valence-corrected chi connectivity index (χ3v) is 3.34. The Morgan fingerprint density at radius 2 is 1.29 bits per heavy atom. The summed E-state index contributed by atoms with van der Waals surface area (Å²) in [4.78, 5) is 51.9. The Hall–Kier alpha value is -4.24. The molecule has 0 bridgehead atoms. The Morgan fingerprint density at radius 3 is 1.59 bits per heavy atom. The number of carbonyl (C=O) groups is 4. The van der Waals surface area contributed by atoms with Crippen LogP contribution in [-0.4, -0.2) is 47.3 Å². The zero-order chi connectivity index (χ0) is 25.8. The number of hydrogen-bond donors (Lipinski definition) is 2. The fraction of sp³-hybridized carbons (Fsp3) is 0.200. The molecule has 2 aromatic carbocycles. The molecule has 2 N–H and O–H groups in total. The normalized spacial score (nSPS) is 8.91. The van der Waals surface area contributed by atoms with Gasteiger partial charge in [-0.15, -0.1) is 0 Å². The van der Waals surface area contributed by atoms with Gasteiger partial charge in [0.25, 0.3) is 0 Å². The fourth-order valence-corrected chi connectivity index (χ4v) is 1.86. The van der Waals surface area contributed by atoms with Crippen molar-refractivity contribution in [2.24, 2.45) is 0 Å². The van der Waals surface area contributed by atoms with E-state index in [-0.39, 0.29) is 13.2 Å². The van der Waals surface area contributed by atoms with Crippen molar-refractivity contribution in [2.45, 2.75) is 20.3 Å². The SMILES string of the molecule is C=CC(=O)OCCCO.CC(C)=CC(=O)O.O=C(OOC(=O)c1ccccc1)c1ccccc1. The minimum atomic E-state index is -0.875. The van der Waals surface area contributed by atoms with E-state index in [1.54, 1.807) is 74.5 Å². The van der Waals surface area contributed by atoms with E-state index in [0.29, 0.717) is 17.5 Å². The molecule has 0 aliphatic rings. The molecule has 9 heteroatoms. The number of benzene rings is 2. The minimum absolute atomic E-state index is 0.0461. The van der Waals surface area contributed by atoms with Gasteiger partial charge in [0.2, 0.25) is 0 Å². The maximum absolute atomic E-state index is 11.5. The van der Waals surface area contributed by atoms with Crippen molar-refractivity contribution in [2.75, 3.05) is 13.2 Å². The van der Waals surface area contributed by atoms with Crippen LogP contribution in [0.5, 0.6) is 0 Å².